The molecule has 1 atom stereocenters. The van der Waals surface area contributed by atoms with Crippen LogP contribution in [0.2, 0.25) is 5.02 Å². The SMILES string of the molecule is Cc1c(Cl)cccc1CNC(=O)CC1CC1(F)F. The lowest BCUT2D eigenvalue weighted by atomic mass is 10.1. The average Bonchev–Trinajstić information content (AvgIpc) is 2.88. The molecule has 5 heteroatoms. The lowest BCUT2D eigenvalue weighted by molar-refractivity contribution is -0.122. The first kappa shape index (κ1) is 13.3. The van der Waals surface area contributed by atoms with Gasteiger partial charge in [-0.05, 0) is 24.1 Å². The number of halogens is 3. The van der Waals surface area contributed by atoms with Crippen LogP contribution in [0.25, 0.3) is 0 Å². The Morgan fingerprint density at radius 3 is 2.83 bits per heavy atom. The van der Waals surface area contributed by atoms with Crippen LogP contribution in [0.5, 0.6) is 0 Å². The molecule has 2 nitrogen and oxygen atoms in total. The molecule has 0 radical (unpaired) electrons. The highest BCUT2D eigenvalue weighted by molar-refractivity contribution is 6.31. The second-order valence-electron chi connectivity index (χ2n) is 4.67. The summed E-state index contributed by atoms with van der Waals surface area (Å²) in [7, 11) is 0. The molecule has 0 spiro atoms. The molecule has 1 fully saturated rings. The molecule has 0 aromatic heterocycles. The van der Waals surface area contributed by atoms with Gasteiger partial charge in [0.25, 0.3) is 5.92 Å². The summed E-state index contributed by atoms with van der Waals surface area (Å²) in [6.45, 7) is 2.18. The number of hydrogen-bond acceptors (Lipinski definition) is 1. The van der Waals surface area contributed by atoms with Crippen molar-refractivity contribution in [1.29, 1.82) is 0 Å². The van der Waals surface area contributed by atoms with Crippen LogP contribution in [-0.2, 0) is 11.3 Å². The van der Waals surface area contributed by atoms with E-state index in [1.165, 1.54) is 0 Å². The van der Waals surface area contributed by atoms with Crippen molar-refractivity contribution in [2.75, 3.05) is 0 Å². The lowest BCUT2D eigenvalue weighted by Crippen LogP contribution is -2.24. The van der Waals surface area contributed by atoms with Crippen molar-refractivity contribution >= 4 is 17.5 Å². The van der Waals surface area contributed by atoms with Gasteiger partial charge >= 0.3 is 0 Å². The van der Waals surface area contributed by atoms with Gasteiger partial charge in [0.1, 0.15) is 0 Å². The molecule has 0 saturated heterocycles. The third-order valence-corrected chi connectivity index (χ3v) is 3.65. The zero-order valence-corrected chi connectivity index (χ0v) is 10.7. The van der Waals surface area contributed by atoms with Gasteiger partial charge in [-0.2, -0.15) is 0 Å². The van der Waals surface area contributed by atoms with Crippen LogP contribution in [0.3, 0.4) is 0 Å². The summed E-state index contributed by atoms with van der Waals surface area (Å²) < 4.78 is 25.3. The van der Waals surface area contributed by atoms with E-state index in [9.17, 15) is 13.6 Å². The summed E-state index contributed by atoms with van der Waals surface area (Å²) in [5, 5.41) is 3.28. The molecule has 1 saturated carbocycles. The van der Waals surface area contributed by atoms with Crippen LogP contribution in [0, 0.1) is 12.8 Å². The van der Waals surface area contributed by atoms with Crippen LogP contribution >= 0.6 is 11.6 Å². The lowest BCUT2D eigenvalue weighted by Gasteiger charge is -2.09. The van der Waals surface area contributed by atoms with Gasteiger partial charge in [0.05, 0.1) is 0 Å². The van der Waals surface area contributed by atoms with Gasteiger partial charge < -0.3 is 5.32 Å². The van der Waals surface area contributed by atoms with Crippen LogP contribution in [0.4, 0.5) is 8.78 Å². The molecule has 1 aliphatic carbocycles. The van der Waals surface area contributed by atoms with Crippen molar-refractivity contribution in [3.63, 3.8) is 0 Å². The average molecular weight is 274 g/mol. The highest BCUT2D eigenvalue weighted by Crippen LogP contribution is 2.50. The topological polar surface area (TPSA) is 29.1 Å². The molecule has 1 unspecified atom stereocenters. The van der Waals surface area contributed by atoms with Crippen molar-refractivity contribution in [2.45, 2.75) is 32.2 Å². The molecule has 98 valence electrons. The van der Waals surface area contributed by atoms with Gasteiger partial charge in [-0.25, -0.2) is 8.78 Å². The second kappa shape index (κ2) is 4.84. The van der Waals surface area contributed by atoms with E-state index < -0.39 is 11.8 Å². The molecule has 1 N–H and O–H groups in total. The van der Waals surface area contributed by atoms with Crippen LogP contribution in [-0.4, -0.2) is 11.8 Å². The van der Waals surface area contributed by atoms with Crippen molar-refractivity contribution in [1.82, 2.24) is 5.32 Å². The Morgan fingerprint density at radius 1 is 1.56 bits per heavy atom. The normalized spacial score (nSPS) is 20.6. The van der Waals surface area contributed by atoms with Gasteiger partial charge in [0.2, 0.25) is 5.91 Å². The number of rotatable bonds is 4. The highest BCUT2D eigenvalue weighted by Gasteiger charge is 2.57. The number of carbonyl (C=O) groups excluding carboxylic acids is 1. The van der Waals surface area contributed by atoms with Crippen molar-refractivity contribution in [2.24, 2.45) is 5.92 Å². The van der Waals surface area contributed by atoms with E-state index in [0.717, 1.165) is 11.1 Å². The third kappa shape index (κ3) is 2.99. The largest absolute Gasteiger partial charge is 0.352 e. The molecule has 1 aromatic carbocycles. The van der Waals surface area contributed by atoms with E-state index in [4.69, 9.17) is 11.6 Å². The minimum Gasteiger partial charge on any atom is -0.352 e. The van der Waals surface area contributed by atoms with Gasteiger partial charge in [0, 0.05) is 30.3 Å². The fourth-order valence-electron chi connectivity index (χ4n) is 1.82. The smallest absolute Gasteiger partial charge is 0.252 e. The molecule has 0 bridgehead atoms. The number of carbonyl (C=O) groups is 1. The Morgan fingerprint density at radius 2 is 2.22 bits per heavy atom. The number of amides is 1. The maximum Gasteiger partial charge on any atom is 0.252 e. The Balaban J connectivity index is 1.84. The van der Waals surface area contributed by atoms with Gasteiger partial charge in [-0.3, -0.25) is 4.79 Å². The van der Waals surface area contributed by atoms with E-state index in [2.05, 4.69) is 5.32 Å². The summed E-state index contributed by atoms with van der Waals surface area (Å²) in [5.74, 6) is -3.75. The molecule has 1 aromatic rings. The van der Waals surface area contributed by atoms with E-state index >= 15 is 0 Å². The Bertz CT molecular complexity index is 476. The quantitative estimate of drug-likeness (QED) is 0.896. The minimum absolute atomic E-state index is 0.105. The monoisotopic (exact) mass is 273 g/mol. The zero-order valence-electron chi connectivity index (χ0n) is 9.97. The van der Waals surface area contributed by atoms with Crippen LogP contribution in [0.1, 0.15) is 24.0 Å². The summed E-state index contributed by atoms with van der Waals surface area (Å²) in [6, 6.07) is 5.42. The van der Waals surface area contributed by atoms with E-state index in [-0.39, 0.29) is 18.7 Å². The predicted octanol–water partition coefficient (Wildman–Crippen LogP) is 3.31. The van der Waals surface area contributed by atoms with Gasteiger partial charge in [-0.15, -0.1) is 0 Å². The van der Waals surface area contributed by atoms with Crippen molar-refractivity contribution in [3.8, 4) is 0 Å². The molecule has 0 heterocycles. The number of benzene rings is 1. The van der Waals surface area contributed by atoms with E-state index in [1.807, 2.05) is 13.0 Å². The molecular weight excluding hydrogens is 260 g/mol. The third-order valence-electron chi connectivity index (χ3n) is 3.24. The minimum atomic E-state index is -2.64. The zero-order chi connectivity index (χ0) is 13.3. The Labute approximate surface area is 109 Å². The maximum atomic E-state index is 12.6. The second-order valence-corrected chi connectivity index (χ2v) is 5.07. The number of hydrogen-bond donors (Lipinski definition) is 1. The molecule has 18 heavy (non-hydrogen) atoms. The fourth-order valence-corrected chi connectivity index (χ4v) is 2.02. The van der Waals surface area contributed by atoms with E-state index in [1.54, 1.807) is 12.1 Å². The van der Waals surface area contributed by atoms with Gasteiger partial charge in [-0.1, -0.05) is 23.7 Å². The summed E-state index contributed by atoms with van der Waals surface area (Å²) >= 11 is 5.95. The van der Waals surface area contributed by atoms with Gasteiger partial charge in [0.15, 0.2) is 0 Å². The summed E-state index contributed by atoms with van der Waals surface area (Å²) in [5.41, 5.74) is 1.80. The first-order chi connectivity index (χ1) is 8.40. The molecule has 0 aliphatic heterocycles. The summed E-state index contributed by atoms with van der Waals surface area (Å²) in [4.78, 5) is 11.5. The van der Waals surface area contributed by atoms with Crippen molar-refractivity contribution in [3.05, 3.63) is 34.3 Å². The molecular formula is C13H14ClF2NO. The molecule has 1 aliphatic rings. The van der Waals surface area contributed by atoms with Crippen molar-refractivity contribution < 1.29 is 13.6 Å². The maximum absolute atomic E-state index is 12.6. The molecule has 1 amide bonds. The standard InChI is InChI=1S/C13H14ClF2NO/c1-8-9(3-2-4-11(8)14)7-17-12(18)5-10-6-13(10,15)16/h2-4,10H,5-7H2,1H3,(H,17,18). The molecule has 2 rings (SSSR count). The Kier molecular flexibility index (Phi) is 3.57. The fraction of sp³-hybridized carbons (Fsp3) is 0.462. The Hall–Kier alpha value is -1.16. The number of nitrogens with one attached hydrogen (secondary N) is 1. The predicted molar refractivity (Wildman–Crippen MR) is 65.7 cm³/mol. The van der Waals surface area contributed by atoms with Crippen LogP contribution < -0.4 is 5.32 Å². The first-order valence-corrected chi connectivity index (χ1v) is 6.16. The first-order valence-electron chi connectivity index (χ1n) is 5.78. The van der Waals surface area contributed by atoms with E-state index in [0.29, 0.717) is 11.6 Å². The highest BCUT2D eigenvalue weighted by atomic mass is 35.5. The summed E-state index contributed by atoms with van der Waals surface area (Å²) in [6.07, 6.45) is -0.275. The number of alkyl halides is 2. The van der Waals surface area contributed by atoms with Crippen LogP contribution in [0.15, 0.2) is 18.2 Å².